The van der Waals surface area contributed by atoms with E-state index in [1.165, 1.54) is 0 Å². The molecule has 0 radical (unpaired) electrons. The van der Waals surface area contributed by atoms with E-state index in [1.54, 1.807) is 36.4 Å². The fourth-order valence-corrected chi connectivity index (χ4v) is 2.46. The van der Waals surface area contributed by atoms with Crippen LogP contribution >= 0.6 is 0 Å². The largest absolute Gasteiger partial charge is 0.508 e. The number of ether oxygens (including phenoxy) is 3. The van der Waals surface area contributed by atoms with E-state index < -0.39 is 0 Å². The zero-order chi connectivity index (χ0) is 20.5. The highest BCUT2D eigenvalue weighted by Crippen LogP contribution is 2.39. The number of nitrogens with one attached hydrogen (secondary N) is 2. The van der Waals surface area contributed by atoms with Crippen molar-refractivity contribution in [2.75, 3.05) is 19.8 Å². The highest BCUT2D eigenvalue weighted by molar-refractivity contribution is 5.95. The number of amides is 1. The Balaban J connectivity index is 2.18. The number of rotatable bonds is 10. The normalized spacial score (nSPS) is 10.1. The lowest BCUT2D eigenvalue weighted by Gasteiger charge is -2.17. The average Bonchev–Trinajstić information content (AvgIpc) is 2.69. The Labute approximate surface area is 164 Å². The van der Waals surface area contributed by atoms with Crippen LogP contribution in [-0.4, -0.2) is 30.8 Å². The molecule has 2 aromatic carbocycles. The monoisotopic (exact) mass is 386 g/mol. The maximum Gasteiger partial charge on any atom is 0.269 e. The van der Waals surface area contributed by atoms with E-state index in [1.807, 2.05) is 20.8 Å². The van der Waals surface area contributed by atoms with Crippen LogP contribution in [-0.2, 0) is 0 Å². The highest BCUT2D eigenvalue weighted by Gasteiger charge is 2.18. The van der Waals surface area contributed by atoms with Crippen molar-refractivity contribution in [3.8, 4) is 23.0 Å². The first-order valence-corrected chi connectivity index (χ1v) is 9.11. The third kappa shape index (κ3) is 5.33. The van der Waals surface area contributed by atoms with Gasteiger partial charge in [0.25, 0.3) is 5.91 Å². The minimum Gasteiger partial charge on any atom is -0.508 e. The van der Waals surface area contributed by atoms with Crippen LogP contribution in [0.1, 0.15) is 36.7 Å². The first-order chi connectivity index (χ1) is 13.5. The molecule has 0 aliphatic rings. The first kappa shape index (κ1) is 21.0. The van der Waals surface area contributed by atoms with Crippen LogP contribution < -0.4 is 25.1 Å². The van der Waals surface area contributed by atoms with Gasteiger partial charge in [-0.1, -0.05) is 6.58 Å². The molecule has 3 N–H and O–H groups in total. The molecule has 0 aliphatic heterocycles. The molecule has 0 aliphatic carbocycles. The first-order valence-electron chi connectivity index (χ1n) is 9.11. The number of phenolic OH excluding ortho intramolecular Hbond substituents is 1. The van der Waals surface area contributed by atoms with Crippen molar-refractivity contribution in [1.82, 2.24) is 10.9 Å². The van der Waals surface area contributed by atoms with Crippen LogP contribution in [0.25, 0.3) is 5.70 Å². The van der Waals surface area contributed by atoms with Crippen molar-refractivity contribution in [2.24, 2.45) is 0 Å². The van der Waals surface area contributed by atoms with Crippen LogP contribution in [0, 0.1) is 0 Å². The SMILES string of the molecule is C=C(NNC(=O)c1cc(OCC)c(OCC)c(OCC)c1)c1ccc(O)cc1. The van der Waals surface area contributed by atoms with Gasteiger partial charge in [-0.3, -0.25) is 15.6 Å². The quantitative estimate of drug-likeness (QED) is 0.542. The summed E-state index contributed by atoms with van der Waals surface area (Å²) in [5.74, 6) is 1.13. The van der Waals surface area contributed by atoms with Crippen LogP contribution in [0.5, 0.6) is 23.0 Å². The van der Waals surface area contributed by atoms with E-state index in [2.05, 4.69) is 17.4 Å². The molecule has 0 fully saturated rings. The summed E-state index contributed by atoms with van der Waals surface area (Å²) in [6, 6.07) is 9.68. The van der Waals surface area contributed by atoms with Gasteiger partial charge >= 0.3 is 0 Å². The molecule has 7 nitrogen and oxygen atoms in total. The molecule has 28 heavy (non-hydrogen) atoms. The summed E-state index contributed by atoms with van der Waals surface area (Å²) >= 11 is 0. The smallest absolute Gasteiger partial charge is 0.269 e. The van der Waals surface area contributed by atoms with Crippen LogP contribution in [0.4, 0.5) is 0 Å². The summed E-state index contributed by atoms with van der Waals surface area (Å²) in [4.78, 5) is 12.6. The number of hydrogen-bond donors (Lipinski definition) is 3. The second-order valence-corrected chi connectivity index (χ2v) is 5.71. The fourth-order valence-electron chi connectivity index (χ4n) is 2.46. The van der Waals surface area contributed by atoms with E-state index in [4.69, 9.17) is 14.2 Å². The summed E-state index contributed by atoms with van der Waals surface area (Å²) in [7, 11) is 0. The number of phenols is 1. The summed E-state index contributed by atoms with van der Waals surface area (Å²) in [5.41, 5.74) is 6.93. The highest BCUT2D eigenvalue weighted by atomic mass is 16.5. The summed E-state index contributed by atoms with van der Waals surface area (Å²) in [6.07, 6.45) is 0. The molecule has 0 heterocycles. The topological polar surface area (TPSA) is 89.1 Å². The zero-order valence-electron chi connectivity index (χ0n) is 16.4. The molecule has 0 bridgehead atoms. The van der Waals surface area contributed by atoms with Crippen molar-refractivity contribution in [1.29, 1.82) is 0 Å². The molecular formula is C21H26N2O5. The van der Waals surface area contributed by atoms with Gasteiger partial charge in [0.1, 0.15) is 5.75 Å². The van der Waals surface area contributed by atoms with Gasteiger partial charge in [0.05, 0.1) is 25.5 Å². The van der Waals surface area contributed by atoms with E-state index >= 15 is 0 Å². The minimum atomic E-state index is -0.384. The summed E-state index contributed by atoms with van der Waals surface area (Å²) in [5, 5.41) is 9.35. The van der Waals surface area contributed by atoms with Gasteiger partial charge in [-0.15, -0.1) is 0 Å². The third-order valence-corrected chi connectivity index (χ3v) is 3.71. The molecule has 0 atom stereocenters. The zero-order valence-corrected chi connectivity index (χ0v) is 16.4. The number of benzene rings is 2. The Morgan fingerprint density at radius 2 is 1.43 bits per heavy atom. The Bertz CT molecular complexity index is 791. The third-order valence-electron chi connectivity index (χ3n) is 3.71. The van der Waals surface area contributed by atoms with E-state index in [0.717, 1.165) is 5.56 Å². The molecule has 0 spiro atoms. The van der Waals surface area contributed by atoms with Crippen LogP contribution in [0.2, 0.25) is 0 Å². The fraction of sp³-hybridized carbons (Fsp3) is 0.286. The lowest BCUT2D eigenvalue weighted by molar-refractivity contribution is 0.0941. The van der Waals surface area contributed by atoms with Gasteiger partial charge in [0.15, 0.2) is 11.5 Å². The predicted octanol–water partition coefficient (Wildman–Crippen LogP) is 3.49. The minimum absolute atomic E-state index is 0.155. The Hall–Kier alpha value is -3.35. The van der Waals surface area contributed by atoms with Gasteiger partial charge in [-0.2, -0.15) is 0 Å². The molecule has 0 unspecified atom stereocenters. The number of carbonyl (C=O) groups excluding carboxylic acids is 1. The van der Waals surface area contributed by atoms with Gasteiger partial charge in [-0.05, 0) is 62.7 Å². The molecule has 2 aromatic rings. The number of hydrazine groups is 1. The maximum atomic E-state index is 12.6. The molecule has 0 saturated heterocycles. The molecule has 7 heteroatoms. The molecule has 150 valence electrons. The molecule has 0 aromatic heterocycles. The second kappa shape index (κ2) is 10.1. The summed E-state index contributed by atoms with van der Waals surface area (Å²) in [6.45, 7) is 10.7. The summed E-state index contributed by atoms with van der Waals surface area (Å²) < 4.78 is 16.9. The Morgan fingerprint density at radius 3 is 1.93 bits per heavy atom. The van der Waals surface area contributed by atoms with Crippen molar-refractivity contribution in [2.45, 2.75) is 20.8 Å². The molecular weight excluding hydrogens is 360 g/mol. The average molecular weight is 386 g/mol. The lowest BCUT2D eigenvalue weighted by atomic mass is 10.1. The lowest BCUT2D eigenvalue weighted by Crippen LogP contribution is -2.35. The van der Waals surface area contributed by atoms with Gasteiger partial charge in [0.2, 0.25) is 5.75 Å². The van der Waals surface area contributed by atoms with Crippen LogP contribution in [0.3, 0.4) is 0 Å². The van der Waals surface area contributed by atoms with Gasteiger partial charge in [0, 0.05) is 5.56 Å². The Kier molecular flexibility index (Phi) is 7.56. The van der Waals surface area contributed by atoms with Crippen molar-refractivity contribution >= 4 is 11.6 Å². The molecule has 2 rings (SSSR count). The number of hydrogen-bond acceptors (Lipinski definition) is 6. The van der Waals surface area contributed by atoms with Crippen LogP contribution in [0.15, 0.2) is 43.0 Å². The van der Waals surface area contributed by atoms with E-state index in [0.29, 0.717) is 48.3 Å². The standard InChI is InChI=1S/C21H26N2O5/c1-5-26-18-12-16(13-19(27-6-2)20(18)28-7-3)21(25)23-22-14(4)15-8-10-17(24)11-9-15/h8-13,22,24H,4-7H2,1-3H3,(H,23,25). The van der Waals surface area contributed by atoms with Gasteiger partial charge in [-0.25, -0.2) is 0 Å². The van der Waals surface area contributed by atoms with E-state index in [-0.39, 0.29) is 11.7 Å². The second-order valence-electron chi connectivity index (χ2n) is 5.71. The maximum absolute atomic E-state index is 12.6. The predicted molar refractivity (Wildman–Crippen MR) is 108 cm³/mol. The number of aromatic hydroxyl groups is 1. The van der Waals surface area contributed by atoms with Gasteiger partial charge < -0.3 is 19.3 Å². The Morgan fingerprint density at radius 1 is 0.893 bits per heavy atom. The van der Waals surface area contributed by atoms with E-state index in [9.17, 15) is 9.90 Å². The molecule has 0 saturated carbocycles. The molecule has 1 amide bonds. The number of carbonyl (C=O) groups is 1. The van der Waals surface area contributed by atoms with Crippen molar-refractivity contribution in [3.63, 3.8) is 0 Å². The van der Waals surface area contributed by atoms with Crippen molar-refractivity contribution < 1.29 is 24.1 Å². The van der Waals surface area contributed by atoms with Crippen molar-refractivity contribution in [3.05, 3.63) is 54.1 Å².